The Morgan fingerprint density at radius 1 is 1.33 bits per heavy atom. The van der Waals surface area contributed by atoms with Crippen molar-refractivity contribution in [3.63, 3.8) is 0 Å². The SMILES string of the molecule is Cc1nc2ncnn2c(C)c1CCC(=O)N1CCCC(Cn2ccnc2)C1. The van der Waals surface area contributed by atoms with Crippen molar-refractivity contribution in [2.24, 2.45) is 5.92 Å². The van der Waals surface area contributed by atoms with Crippen molar-refractivity contribution in [1.82, 2.24) is 34.0 Å². The van der Waals surface area contributed by atoms with Gasteiger partial charge in [0.15, 0.2) is 0 Å². The number of hydrogen-bond acceptors (Lipinski definition) is 5. The summed E-state index contributed by atoms with van der Waals surface area (Å²) < 4.78 is 3.85. The first kappa shape index (κ1) is 17.6. The van der Waals surface area contributed by atoms with Crippen LogP contribution in [0.15, 0.2) is 25.0 Å². The zero-order chi connectivity index (χ0) is 18.8. The molecule has 1 amide bonds. The van der Waals surface area contributed by atoms with E-state index in [1.54, 1.807) is 10.7 Å². The van der Waals surface area contributed by atoms with E-state index in [2.05, 4.69) is 24.6 Å². The standard InChI is InChI=1S/C19H25N7O/c1-14-17(15(2)26-19(23-14)21-12-22-26)5-6-18(27)25-8-3-4-16(11-25)10-24-9-7-20-13-24/h7,9,12-13,16H,3-6,8,10-11H2,1-2H3. The molecule has 0 spiro atoms. The van der Waals surface area contributed by atoms with Gasteiger partial charge in [-0.3, -0.25) is 4.79 Å². The third kappa shape index (κ3) is 3.70. The van der Waals surface area contributed by atoms with Crippen LogP contribution >= 0.6 is 0 Å². The van der Waals surface area contributed by atoms with E-state index in [0.29, 0.717) is 24.5 Å². The van der Waals surface area contributed by atoms with E-state index < -0.39 is 0 Å². The zero-order valence-electron chi connectivity index (χ0n) is 15.9. The van der Waals surface area contributed by atoms with Crippen LogP contribution < -0.4 is 0 Å². The van der Waals surface area contributed by atoms with Gasteiger partial charge in [-0.2, -0.15) is 10.1 Å². The fraction of sp³-hybridized carbons (Fsp3) is 0.526. The van der Waals surface area contributed by atoms with E-state index in [1.807, 2.05) is 31.3 Å². The molecule has 3 aromatic heterocycles. The van der Waals surface area contributed by atoms with Gasteiger partial charge in [0.25, 0.3) is 5.78 Å². The van der Waals surface area contributed by atoms with Gasteiger partial charge < -0.3 is 9.47 Å². The van der Waals surface area contributed by atoms with Crippen LogP contribution in [0.3, 0.4) is 0 Å². The molecule has 4 heterocycles. The lowest BCUT2D eigenvalue weighted by molar-refractivity contribution is -0.133. The predicted octanol–water partition coefficient (Wildman–Crippen LogP) is 1.81. The van der Waals surface area contributed by atoms with Crippen molar-refractivity contribution < 1.29 is 4.79 Å². The van der Waals surface area contributed by atoms with Gasteiger partial charge in [-0.15, -0.1) is 0 Å². The monoisotopic (exact) mass is 367 g/mol. The molecule has 0 bridgehead atoms. The summed E-state index contributed by atoms with van der Waals surface area (Å²) in [5.74, 6) is 1.33. The van der Waals surface area contributed by atoms with E-state index in [0.717, 1.165) is 49.4 Å². The molecule has 1 saturated heterocycles. The summed E-state index contributed by atoms with van der Waals surface area (Å²) in [6, 6.07) is 0. The molecule has 8 nitrogen and oxygen atoms in total. The van der Waals surface area contributed by atoms with Crippen LogP contribution in [0, 0.1) is 19.8 Å². The second-order valence-electron chi connectivity index (χ2n) is 7.34. The first-order chi connectivity index (χ1) is 13.1. The van der Waals surface area contributed by atoms with E-state index in [9.17, 15) is 4.79 Å². The van der Waals surface area contributed by atoms with Gasteiger partial charge in [0.2, 0.25) is 5.91 Å². The predicted molar refractivity (Wildman–Crippen MR) is 100 cm³/mol. The molecule has 0 radical (unpaired) electrons. The maximum absolute atomic E-state index is 12.8. The molecule has 27 heavy (non-hydrogen) atoms. The summed E-state index contributed by atoms with van der Waals surface area (Å²) in [5.41, 5.74) is 3.03. The molecule has 3 aromatic rings. The number of carbonyl (C=O) groups excluding carboxylic acids is 1. The number of aromatic nitrogens is 6. The molecule has 4 rings (SSSR count). The third-order valence-corrected chi connectivity index (χ3v) is 5.48. The smallest absolute Gasteiger partial charge is 0.252 e. The zero-order valence-corrected chi connectivity index (χ0v) is 15.9. The minimum Gasteiger partial charge on any atom is -0.342 e. The Bertz CT molecular complexity index is 931. The first-order valence-corrected chi connectivity index (χ1v) is 9.51. The molecule has 1 unspecified atom stereocenters. The fourth-order valence-corrected chi connectivity index (χ4v) is 4.04. The average Bonchev–Trinajstić information content (AvgIpc) is 3.33. The van der Waals surface area contributed by atoms with Crippen molar-refractivity contribution in [3.05, 3.63) is 42.0 Å². The van der Waals surface area contributed by atoms with Crippen molar-refractivity contribution >= 4 is 11.7 Å². The molecule has 142 valence electrons. The minimum absolute atomic E-state index is 0.225. The van der Waals surface area contributed by atoms with Crippen molar-refractivity contribution in [2.45, 2.75) is 46.1 Å². The second-order valence-corrected chi connectivity index (χ2v) is 7.34. The summed E-state index contributed by atoms with van der Waals surface area (Å²) in [7, 11) is 0. The van der Waals surface area contributed by atoms with Gasteiger partial charge in [0, 0.05) is 49.8 Å². The Labute approximate surface area is 158 Å². The largest absolute Gasteiger partial charge is 0.342 e. The van der Waals surface area contributed by atoms with Crippen LogP contribution in [-0.4, -0.2) is 53.0 Å². The number of fused-ring (bicyclic) bond motifs is 1. The highest BCUT2D eigenvalue weighted by molar-refractivity contribution is 5.76. The van der Waals surface area contributed by atoms with E-state index >= 15 is 0 Å². The lowest BCUT2D eigenvalue weighted by atomic mass is 9.97. The van der Waals surface area contributed by atoms with Gasteiger partial charge in [-0.25, -0.2) is 14.5 Å². The topological polar surface area (TPSA) is 81.2 Å². The second kappa shape index (κ2) is 7.46. The summed E-state index contributed by atoms with van der Waals surface area (Å²) in [6.45, 7) is 6.60. The number of carbonyl (C=O) groups is 1. The first-order valence-electron chi connectivity index (χ1n) is 9.51. The van der Waals surface area contributed by atoms with Crippen molar-refractivity contribution in [3.8, 4) is 0 Å². The summed E-state index contributed by atoms with van der Waals surface area (Å²) >= 11 is 0. The van der Waals surface area contributed by atoms with Gasteiger partial charge in [-0.05, 0) is 44.6 Å². The Balaban J connectivity index is 1.39. The number of likely N-dealkylation sites (tertiary alicyclic amines) is 1. The molecule has 8 heteroatoms. The molecule has 0 N–H and O–H groups in total. The number of amides is 1. The maximum Gasteiger partial charge on any atom is 0.252 e. The highest BCUT2D eigenvalue weighted by Gasteiger charge is 2.24. The lowest BCUT2D eigenvalue weighted by Gasteiger charge is -2.33. The fourth-order valence-electron chi connectivity index (χ4n) is 4.04. The number of imidazole rings is 1. The van der Waals surface area contributed by atoms with Gasteiger partial charge in [-0.1, -0.05) is 0 Å². The summed E-state index contributed by atoms with van der Waals surface area (Å²) in [4.78, 5) is 27.6. The van der Waals surface area contributed by atoms with Crippen LogP contribution in [0.25, 0.3) is 5.78 Å². The van der Waals surface area contributed by atoms with Crippen molar-refractivity contribution in [1.29, 1.82) is 0 Å². The highest BCUT2D eigenvalue weighted by atomic mass is 16.2. The van der Waals surface area contributed by atoms with Gasteiger partial charge in [0.05, 0.1) is 6.33 Å². The third-order valence-electron chi connectivity index (χ3n) is 5.48. The molecule has 0 aromatic carbocycles. The molecule has 1 aliphatic rings. The van der Waals surface area contributed by atoms with Gasteiger partial charge >= 0.3 is 0 Å². The molecular formula is C19H25N7O. The number of rotatable bonds is 5. The molecule has 1 aliphatic heterocycles. The summed E-state index contributed by atoms with van der Waals surface area (Å²) in [5, 5.41) is 4.22. The van der Waals surface area contributed by atoms with E-state index in [1.165, 1.54) is 6.33 Å². The number of hydrogen-bond donors (Lipinski definition) is 0. The molecule has 1 atom stereocenters. The number of nitrogens with zero attached hydrogens (tertiary/aromatic N) is 7. The Kier molecular flexibility index (Phi) is 4.87. The maximum atomic E-state index is 12.8. The Hall–Kier alpha value is -2.77. The van der Waals surface area contributed by atoms with Crippen LogP contribution in [0.2, 0.25) is 0 Å². The summed E-state index contributed by atoms with van der Waals surface area (Å²) in [6.07, 6.45) is 10.6. The Morgan fingerprint density at radius 2 is 2.22 bits per heavy atom. The Morgan fingerprint density at radius 3 is 3.04 bits per heavy atom. The van der Waals surface area contributed by atoms with Crippen LogP contribution in [0.1, 0.15) is 36.2 Å². The van der Waals surface area contributed by atoms with E-state index in [4.69, 9.17) is 0 Å². The number of piperidine rings is 1. The molecule has 1 fully saturated rings. The van der Waals surface area contributed by atoms with E-state index in [-0.39, 0.29) is 5.91 Å². The molecular weight excluding hydrogens is 342 g/mol. The number of aryl methyl sites for hydroxylation is 2. The molecule has 0 saturated carbocycles. The lowest BCUT2D eigenvalue weighted by Crippen LogP contribution is -2.41. The molecule has 0 aliphatic carbocycles. The van der Waals surface area contributed by atoms with Crippen LogP contribution in [0.5, 0.6) is 0 Å². The minimum atomic E-state index is 0.225. The van der Waals surface area contributed by atoms with Crippen molar-refractivity contribution in [2.75, 3.05) is 13.1 Å². The quantitative estimate of drug-likeness (QED) is 0.687. The average molecular weight is 367 g/mol. The highest BCUT2D eigenvalue weighted by Crippen LogP contribution is 2.20. The van der Waals surface area contributed by atoms with Crippen LogP contribution in [0.4, 0.5) is 0 Å². The van der Waals surface area contributed by atoms with Crippen LogP contribution in [-0.2, 0) is 17.8 Å². The van der Waals surface area contributed by atoms with Gasteiger partial charge in [0.1, 0.15) is 6.33 Å². The normalized spacial score (nSPS) is 17.6.